The molecule has 0 aliphatic heterocycles. The van der Waals surface area contributed by atoms with E-state index in [9.17, 15) is 4.79 Å². The van der Waals surface area contributed by atoms with Crippen LogP contribution in [0.1, 0.15) is 35.8 Å². The van der Waals surface area contributed by atoms with Gasteiger partial charge in [-0.15, -0.1) is 11.8 Å². The van der Waals surface area contributed by atoms with Gasteiger partial charge in [-0.1, -0.05) is 42.5 Å². The van der Waals surface area contributed by atoms with Crippen LogP contribution in [0.4, 0.5) is 5.82 Å². The smallest absolute Gasteiger partial charge is 0.254 e. The summed E-state index contributed by atoms with van der Waals surface area (Å²) in [6.45, 7) is 3.92. The molecule has 6 heteroatoms. The van der Waals surface area contributed by atoms with Crippen molar-refractivity contribution in [1.82, 2.24) is 9.78 Å². The van der Waals surface area contributed by atoms with Crippen molar-refractivity contribution in [3.8, 4) is 11.3 Å². The van der Waals surface area contributed by atoms with Crippen LogP contribution in [0.25, 0.3) is 11.3 Å². The summed E-state index contributed by atoms with van der Waals surface area (Å²) in [7, 11) is 0. The molecule has 0 fully saturated rings. The maximum Gasteiger partial charge on any atom is 0.254 e. The van der Waals surface area contributed by atoms with Crippen molar-refractivity contribution in [2.75, 3.05) is 5.73 Å². The fraction of sp³-hybridized carbons (Fsp3) is 0.200. The molecule has 2 aromatic carbocycles. The van der Waals surface area contributed by atoms with Gasteiger partial charge in [-0.25, -0.2) is 4.68 Å². The van der Waals surface area contributed by atoms with E-state index in [2.05, 4.69) is 17.2 Å². The Labute approximate surface area is 157 Å². The molecule has 1 aromatic heterocycles. The molecule has 5 nitrogen and oxygen atoms in total. The molecule has 0 saturated heterocycles. The van der Waals surface area contributed by atoms with Crippen LogP contribution in [0.3, 0.4) is 0 Å². The molecule has 0 spiro atoms. The lowest BCUT2D eigenvalue weighted by atomic mass is 10.1. The van der Waals surface area contributed by atoms with Gasteiger partial charge < -0.3 is 11.5 Å². The van der Waals surface area contributed by atoms with Crippen LogP contribution in [-0.2, 0) is 5.75 Å². The summed E-state index contributed by atoms with van der Waals surface area (Å²) in [6, 6.07) is 18.3. The third-order valence-electron chi connectivity index (χ3n) is 4.06. The van der Waals surface area contributed by atoms with E-state index in [1.807, 2.05) is 56.3 Å². The van der Waals surface area contributed by atoms with Gasteiger partial charge >= 0.3 is 0 Å². The Hall–Kier alpha value is -2.73. The summed E-state index contributed by atoms with van der Waals surface area (Å²) < 4.78 is 1.63. The molecule has 0 aliphatic rings. The molecule has 1 amide bonds. The minimum Gasteiger partial charge on any atom is -0.383 e. The molecular weight excluding hydrogens is 344 g/mol. The van der Waals surface area contributed by atoms with Crippen LogP contribution < -0.4 is 11.5 Å². The number of thioether (sulfide) groups is 1. The second-order valence-electron chi connectivity index (χ2n) is 6.31. The lowest BCUT2D eigenvalue weighted by molar-refractivity contribution is 0.100. The lowest BCUT2D eigenvalue weighted by Crippen LogP contribution is -2.15. The Morgan fingerprint density at radius 2 is 1.77 bits per heavy atom. The van der Waals surface area contributed by atoms with Crippen molar-refractivity contribution in [2.24, 2.45) is 5.73 Å². The number of hydrogen-bond donors (Lipinski definition) is 2. The molecule has 26 heavy (non-hydrogen) atoms. The Kier molecular flexibility index (Phi) is 5.32. The van der Waals surface area contributed by atoms with E-state index in [1.54, 1.807) is 16.4 Å². The lowest BCUT2D eigenvalue weighted by Gasteiger charge is -2.07. The predicted octanol–water partition coefficient (Wildman–Crippen LogP) is 4.10. The highest BCUT2D eigenvalue weighted by Crippen LogP contribution is 2.30. The van der Waals surface area contributed by atoms with E-state index >= 15 is 0 Å². The SMILES string of the molecule is CC(C)n1nc(-c2ccc(CSc3ccccc3)cc2)c(C(N)=O)c1N. The first-order chi connectivity index (χ1) is 12.5. The fourth-order valence-corrected chi connectivity index (χ4v) is 3.60. The van der Waals surface area contributed by atoms with Crippen LogP contribution in [0.15, 0.2) is 59.5 Å². The molecule has 0 unspecified atom stereocenters. The van der Waals surface area contributed by atoms with E-state index in [0.717, 1.165) is 11.3 Å². The third kappa shape index (κ3) is 3.75. The molecule has 0 aliphatic carbocycles. The zero-order valence-electron chi connectivity index (χ0n) is 14.8. The second-order valence-corrected chi connectivity index (χ2v) is 7.36. The number of amides is 1. The van der Waals surface area contributed by atoms with Crippen LogP contribution in [0.2, 0.25) is 0 Å². The largest absolute Gasteiger partial charge is 0.383 e. The highest BCUT2D eigenvalue weighted by Gasteiger charge is 2.22. The summed E-state index contributed by atoms with van der Waals surface area (Å²) >= 11 is 1.78. The number of rotatable bonds is 6. The van der Waals surface area contributed by atoms with Gasteiger partial charge in [-0.05, 0) is 31.5 Å². The number of benzene rings is 2. The fourth-order valence-electron chi connectivity index (χ4n) is 2.73. The van der Waals surface area contributed by atoms with Crippen LogP contribution in [0, 0.1) is 0 Å². The normalized spacial score (nSPS) is 11.0. The molecule has 1 heterocycles. The topological polar surface area (TPSA) is 86.9 Å². The maximum absolute atomic E-state index is 11.9. The number of nitrogens with zero attached hydrogens (tertiary/aromatic N) is 2. The maximum atomic E-state index is 11.9. The first kappa shape index (κ1) is 18.1. The number of anilines is 1. The number of carbonyl (C=O) groups excluding carboxylic acids is 1. The molecule has 3 rings (SSSR count). The van der Waals surface area contributed by atoms with E-state index in [0.29, 0.717) is 11.5 Å². The summed E-state index contributed by atoms with van der Waals surface area (Å²) in [5.41, 5.74) is 14.5. The number of nitrogens with two attached hydrogens (primary N) is 2. The zero-order valence-corrected chi connectivity index (χ0v) is 15.7. The Bertz CT molecular complexity index is 902. The summed E-state index contributed by atoms with van der Waals surface area (Å²) in [5.74, 6) is 0.620. The van der Waals surface area contributed by atoms with Crippen molar-refractivity contribution in [3.05, 3.63) is 65.7 Å². The summed E-state index contributed by atoms with van der Waals surface area (Å²) in [5, 5.41) is 4.51. The van der Waals surface area contributed by atoms with Gasteiger partial charge in [0.2, 0.25) is 0 Å². The van der Waals surface area contributed by atoms with Crippen molar-refractivity contribution in [3.63, 3.8) is 0 Å². The van der Waals surface area contributed by atoms with Crippen LogP contribution >= 0.6 is 11.8 Å². The third-order valence-corrected chi connectivity index (χ3v) is 5.14. The van der Waals surface area contributed by atoms with Gasteiger partial charge in [-0.2, -0.15) is 5.10 Å². The molecule has 134 valence electrons. The average Bonchev–Trinajstić information content (AvgIpc) is 2.99. The van der Waals surface area contributed by atoms with Crippen molar-refractivity contribution < 1.29 is 4.79 Å². The summed E-state index contributed by atoms with van der Waals surface area (Å²) in [4.78, 5) is 13.1. The molecule has 3 aromatic rings. The van der Waals surface area contributed by atoms with Gasteiger partial charge in [-0.3, -0.25) is 4.79 Å². The number of hydrogen-bond acceptors (Lipinski definition) is 4. The molecule has 0 atom stereocenters. The molecular formula is C20H22N4OS. The average molecular weight is 366 g/mol. The highest BCUT2D eigenvalue weighted by molar-refractivity contribution is 7.98. The minimum atomic E-state index is -0.562. The van der Waals surface area contributed by atoms with Crippen LogP contribution in [-0.4, -0.2) is 15.7 Å². The first-order valence-electron chi connectivity index (χ1n) is 8.42. The molecule has 4 N–H and O–H groups in total. The van der Waals surface area contributed by atoms with Gasteiger partial charge in [0.15, 0.2) is 0 Å². The Morgan fingerprint density at radius 1 is 1.12 bits per heavy atom. The zero-order chi connectivity index (χ0) is 18.7. The summed E-state index contributed by atoms with van der Waals surface area (Å²) in [6.07, 6.45) is 0. The van der Waals surface area contributed by atoms with Crippen LogP contribution in [0.5, 0.6) is 0 Å². The molecule has 0 bridgehead atoms. The standard InChI is InChI=1S/C20H22N4OS/c1-13(2)24-19(21)17(20(22)25)18(23-24)15-10-8-14(9-11-15)12-26-16-6-4-3-5-7-16/h3-11,13H,12,21H2,1-2H3,(H2,22,25). The number of primary amides is 1. The minimum absolute atomic E-state index is 0.0448. The highest BCUT2D eigenvalue weighted by atomic mass is 32.2. The van der Waals surface area contributed by atoms with Gasteiger partial charge in [0, 0.05) is 22.3 Å². The van der Waals surface area contributed by atoms with Crippen molar-refractivity contribution in [2.45, 2.75) is 30.5 Å². The van der Waals surface area contributed by atoms with E-state index in [-0.39, 0.29) is 11.6 Å². The van der Waals surface area contributed by atoms with Crippen molar-refractivity contribution >= 4 is 23.5 Å². The number of nitrogen functional groups attached to an aromatic ring is 1. The predicted molar refractivity (Wildman–Crippen MR) is 107 cm³/mol. The number of aromatic nitrogens is 2. The van der Waals surface area contributed by atoms with E-state index in [1.165, 1.54) is 10.5 Å². The van der Waals surface area contributed by atoms with Crippen molar-refractivity contribution in [1.29, 1.82) is 0 Å². The van der Waals surface area contributed by atoms with Gasteiger partial charge in [0.05, 0.1) is 0 Å². The van der Waals surface area contributed by atoms with Gasteiger partial charge in [0.1, 0.15) is 17.1 Å². The van der Waals surface area contributed by atoms with Gasteiger partial charge in [0.25, 0.3) is 5.91 Å². The Morgan fingerprint density at radius 3 is 2.35 bits per heavy atom. The Balaban J connectivity index is 1.84. The van der Waals surface area contributed by atoms with E-state index < -0.39 is 5.91 Å². The monoisotopic (exact) mass is 366 g/mol. The quantitative estimate of drug-likeness (QED) is 0.643. The second kappa shape index (κ2) is 7.66. The number of carbonyl (C=O) groups is 1. The molecule has 0 saturated carbocycles. The van der Waals surface area contributed by atoms with E-state index in [4.69, 9.17) is 11.5 Å². The molecule has 0 radical (unpaired) electrons. The first-order valence-corrected chi connectivity index (χ1v) is 9.41.